The number of carbonyl (C=O) groups excluding carboxylic acids is 2. The van der Waals surface area contributed by atoms with Crippen LogP contribution in [-0.4, -0.2) is 29.4 Å². The van der Waals surface area contributed by atoms with Crippen LogP contribution in [0.4, 0.5) is 5.69 Å². The molecule has 0 N–H and O–H groups in total. The predicted octanol–water partition coefficient (Wildman–Crippen LogP) is 2.74. The molecule has 1 amide bonds. The van der Waals surface area contributed by atoms with Crippen molar-refractivity contribution in [1.29, 1.82) is 0 Å². The second-order valence-corrected chi connectivity index (χ2v) is 6.46. The Hall–Kier alpha value is -2.89. The van der Waals surface area contributed by atoms with Crippen molar-refractivity contribution in [3.63, 3.8) is 0 Å². The van der Waals surface area contributed by atoms with E-state index >= 15 is 0 Å². The average molecular weight is 354 g/mol. The van der Waals surface area contributed by atoms with Gasteiger partial charge in [0.15, 0.2) is 12.4 Å². The van der Waals surface area contributed by atoms with Crippen molar-refractivity contribution in [2.75, 3.05) is 18.1 Å². The third-order valence-corrected chi connectivity index (χ3v) is 4.60. The van der Waals surface area contributed by atoms with Gasteiger partial charge in [-0.1, -0.05) is 13.0 Å². The van der Waals surface area contributed by atoms with Gasteiger partial charge in [0.25, 0.3) is 11.5 Å². The highest BCUT2D eigenvalue weighted by Crippen LogP contribution is 2.33. The van der Waals surface area contributed by atoms with Crippen LogP contribution in [-0.2, 0) is 4.79 Å². The van der Waals surface area contributed by atoms with Gasteiger partial charge in [-0.15, -0.1) is 0 Å². The highest BCUT2D eigenvalue weighted by molar-refractivity contribution is 6.03. The Morgan fingerprint density at radius 3 is 2.77 bits per heavy atom. The van der Waals surface area contributed by atoms with Crippen LogP contribution in [0.3, 0.4) is 0 Å². The molecule has 0 fully saturated rings. The molecule has 1 aromatic carbocycles. The maximum Gasteiger partial charge on any atom is 0.265 e. The summed E-state index contributed by atoms with van der Waals surface area (Å²) in [5, 5.41) is 0. The van der Waals surface area contributed by atoms with E-state index in [1.165, 1.54) is 4.57 Å². The number of anilines is 1. The molecule has 0 aliphatic carbocycles. The van der Waals surface area contributed by atoms with E-state index in [0.29, 0.717) is 29.1 Å². The number of amides is 1. The standard InChI is InChI=1S/C20H22N2O4/c1-4-9-22-16-11-15(7-8-17(16)26-12-18(22)23)19(24)14(3)21-10-5-6-13(2)20(21)25/h5-8,10-11,14H,4,9,12H2,1-3H3. The van der Waals surface area contributed by atoms with Gasteiger partial charge in [0.05, 0.1) is 11.7 Å². The molecule has 1 atom stereocenters. The fourth-order valence-corrected chi connectivity index (χ4v) is 3.12. The van der Waals surface area contributed by atoms with E-state index in [4.69, 9.17) is 4.74 Å². The molecule has 6 nitrogen and oxygen atoms in total. The molecule has 1 unspecified atom stereocenters. The smallest absolute Gasteiger partial charge is 0.265 e. The molecule has 1 aliphatic rings. The van der Waals surface area contributed by atoms with Crippen molar-refractivity contribution < 1.29 is 14.3 Å². The van der Waals surface area contributed by atoms with Gasteiger partial charge in [0, 0.05) is 23.9 Å². The maximum absolute atomic E-state index is 12.9. The highest BCUT2D eigenvalue weighted by atomic mass is 16.5. The topological polar surface area (TPSA) is 68.6 Å². The Kier molecular flexibility index (Phi) is 4.93. The Balaban J connectivity index is 1.97. The Morgan fingerprint density at radius 2 is 2.04 bits per heavy atom. The molecule has 26 heavy (non-hydrogen) atoms. The number of fused-ring (bicyclic) bond motifs is 1. The van der Waals surface area contributed by atoms with Crippen molar-refractivity contribution in [2.24, 2.45) is 0 Å². The number of hydrogen-bond donors (Lipinski definition) is 0. The van der Waals surface area contributed by atoms with Crippen LogP contribution in [0, 0.1) is 6.92 Å². The van der Waals surface area contributed by atoms with Crippen molar-refractivity contribution >= 4 is 17.4 Å². The van der Waals surface area contributed by atoms with Crippen LogP contribution in [0.2, 0.25) is 0 Å². The Bertz CT molecular complexity index is 916. The highest BCUT2D eigenvalue weighted by Gasteiger charge is 2.27. The molecule has 3 rings (SSSR count). The lowest BCUT2D eigenvalue weighted by molar-refractivity contribution is -0.121. The molecule has 1 aromatic heterocycles. The minimum Gasteiger partial charge on any atom is -0.482 e. The van der Waals surface area contributed by atoms with Gasteiger partial charge in [0.1, 0.15) is 5.75 Å². The predicted molar refractivity (Wildman–Crippen MR) is 99.1 cm³/mol. The maximum atomic E-state index is 12.9. The SMILES string of the molecule is CCCN1C(=O)COc2ccc(C(=O)C(C)n3cccc(C)c3=O)cc21. The van der Waals surface area contributed by atoms with Crippen LogP contribution in [0.25, 0.3) is 0 Å². The summed E-state index contributed by atoms with van der Waals surface area (Å²) in [6, 6.07) is 7.91. The number of aromatic nitrogens is 1. The number of pyridine rings is 1. The zero-order chi connectivity index (χ0) is 18.8. The van der Waals surface area contributed by atoms with Gasteiger partial charge in [-0.25, -0.2) is 0 Å². The van der Waals surface area contributed by atoms with Gasteiger partial charge in [0.2, 0.25) is 0 Å². The third kappa shape index (κ3) is 3.14. The summed E-state index contributed by atoms with van der Waals surface area (Å²) in [6.07, 6.45) is 2.42. The number of aryl methyl sites for hydroxylation is 1. The number of ketones is 1. The molecule has 0 spiro atoms. The lowest BCUT2D eigenvalue weighted by Crippen LogP contribution is -2.39. The first-order valence-corrected chi connectivity index (χ1v) is 8.73. The van der Waals surface area contributed by atoms with Gasteiger partial charge in [-0.3, -0.25) is 14.4 Å². The molecule has 1 aliphatic heterocycles. The van der Waals surface area contributed by atoms with E-state index in [2.05, 4.69) is 0 Å². The summed E-state index contributed by atoms with van der Waals surface area (Å²) in [5.41, 5.74) is 1.46. The molecule has 0 bridgehead atoms. The Morgan fingerprint density at radius 1 is 1.27 bits per heavy atom. The number of benzene rings is 1. The molecule has 0 radical (unpaired) electrons. The number of Topliss-reactive ketones (excluding diaryl/α,β-unsaturated/α-hetero) is 1. The normalized spacial score (nSPS) is 14.6. The molecule has 136 valence electrons. The molecule has 2 aromatic rings. The summed E-state index contributed by atoms with van der Waals surface area (Å²) in [6.45, 7) is 5.99. The first-order valence-electron chi connectivity index (χ1n) is 8.73. The fraction of sp³-hybridized carbons (Fsp3) is 0.350. The lowest BCUT2D eigenvalue weighted by atomic mass is 10.0. The first kappa shape index (κ1) is 17.9. The summed E-state index contributed by atoms with van der Waals surface area (Å²) in [5.74, 6) is 0.289. The van der Waals surface area contributed by atoms with E-state index in [9.17, 15) is 14.4 Å². The lowest BCUT2D eigenvalue weighted by Gasteiger charge is -2.29. The van der Waals surface area contributed by atoms with E-state index < -0.39 is 6.04 Å². The minimum absolute atomic E-state index is 0.00931. The zero-order valence-electron chi connectivity index (χ0n) is 15.2. The number of rotatable bonds is 5. The molecule has 2 heterocycles. The summed E-state index contributed by atoms with van der Waals surface area (Å²) in [7, 11) is 0. The summed E-state index contributed by atoms with van der Waals surface area (Å²) in [4.78, 5) is 39.0. The molecule has 0 saturated carbocycles. The second kappa shape index (κ2) is 7.15. The number of hydrogen-bond acceptors (Lipinski definition) is 4. The van der Waals surface area contributed by atoms with E-state index in [1.54, 1.807) is 55.3 Å². The monoisotopic (exact) mass is 354 g/mol. The number of ether oxygens (including phenoxy) is 1. The Labute approximate surface area is 152 Å². The van der Waals surface area contributed by atoms with Crippen LogP contribution in [0.15, 0.2) is 41.3 Å². The van der Waals surface area contributed by atoms with Crippen molar-refractivity contribution in [1.82, 2.24) is 4.57 Å². The summed E-state index contributed by atoms with van der Waals surface area (Å²) < 4.78 is 6.90. The zero-order valence-corrected chi connectivity index (χ0v) is 15.2. The molecular formula is C20H22N2O4. The van der Waals surface area contributed by atoms with Crippen molar-refractivity contribution in [2.45, 2.75) is 33.2 Å². The number of nitrogens with zero attached hydrogens (tertiary/aromatic N) is 2. The van der Waals surface area contributed by atoms with Crippen LogP contribution >= 0.6 is 0 Å². The van der Waals surface area contributed by atoms with E-state index in [1.807, 2.05) is 6.92 Å². The minimum atomic E-state index is -0.639. The first-order chi connectivity index (χ1) is 12.4. The van der Waals surface area contributed by atoms with Gasteiger partial charge in [-0.05, 0) is 44.5 Å². The van der Waals surface area contributed by atoms with Crippen molar-refractivity contribution in [3.05, 3.63) is 58.0 Å². The van der Waals surface area contributed by atoms with E-state index in [0.717, 1.165) is 6.42 Å². The second-order valence-electron chi connectivity index (χ2n) is 6.46. The largest absolute Gasteiger partial charge is 0.482 e. The molecule has 6 heteroatoms. The molecular weight excluding hydrogens is 332 g/mol. The van der Waals surface area contributed by atoms with Crippen LogP contribution < -0.4 is 15.2 Å². The van der Waals surface area contributed by atoms with Gasteiger partial charge >= 0.3 is 0 Å². The van der Waals surface area contributed by atoms with Crippen LogP contribution in [0.5, 0.6) is 5.75 Å². The van der Waals surface area contributed by atoms with E-state index in [-0.39, 0.29) is 23.9 Å². The quantitative estimate of drug-likeness (QED) is 0.774. The van der Waals surface area contributed by atoms with Crippen molar-refractivity contribution in [3.8, 4) is 5.75 Å². The third-order valence-electron chi connectivity index (χ3n) is 4.60. The summed E-state index contributed by atoms with van der Waals surface area (Å²) >= 11 is 0. The van der Waals surface area contributed by atoms with Crippen LogP contribution in [0.1, 0.15) is 42.2 Å². The molecule has 0 saturated heterocycles. The average Bonchev–Trinajstić information content (AvgIpc) is 2.65. The van der Waals surface area contributed by atoms with Gasteiger partial charge < -0.3 is 14.2 Å². The number of carbonyl (C=O) groups is 2. The fourth-order valence-electron chi connectivity index (χ4n) is 3.12. The van der Waals surface area contributed by atoms with Gasteiger partial charge in [-0.2, -0.15) is 0 Å².